The molecule has 6 rings (SSSR count). The van der Waals surface area contributed by atoms with E-state index in [0.29, 0.717) is 17.8 Å². The van der Waals surface area contributed by atoms with Gasteiger partial charge in [-0.05, 0) is 90.8 Å². The fourth-order valence-electron chi connectivity index (χ4n) is 11.0. The smallest absolute Gasteiger partial charge is 0.313 e. The topological polar surface area (TPSA) is 46.5 Å². The standard InChI is InChI=1S/C30H46O3/c1-25(2)14-15-30-17-23(33-24(30)32)29(7)18(19(30)16-25)8-9-21-27(5)12-11-22(31)26(3,4)20(27)10-13-28(21,29)6/h8,19-23,31H,9-17H2,1-7H3/t19-,20+,21-,22+,23-,27+,28-,29+,30+/m1/s1. The first-order chi connectivity index (χ1) is 15.2. The Labute approximate surface area is 201 Å². The molecule has 3 heteroatoms. The lowest BCUT2D eigenvalue weighted by Crippen LogP contribution is -2.66. The molecule has 1 aliphatic heterocycles. The van der Waals surface area contributed by atoms with Gasteiger partial charge in [-0.25, -0.2) is 0 Å². The first-order valence-corrected chi connectivity index (χ1v) is 13.8. The molecule has 184 valence electrons. The van der Waals surface area contributed by atoms with Gasteiger partial charge in [-0.2, -0.15) is 0 Å². The molecule has 33 heavy (non-hydrogen) atoms. The van der Waals surface area contributed by atoms with Crippen molar-refractivity contribution in [3.05, 3.63) is 11.6 Å². The summed E-state index contributed by atoms with van der Waals surface area (Å²) in [4.78, 5) is 13.5. The number of aliphatic hydroxyl groups excluding tert-OH is 1. The van der Waals surface area contributed by atoms with Crippen LogP contribution in [0.1, 0.15) is 106 Å². The van der Waals surface area contributed by atoms with E-state index >= 15 is 0 Å². The van der Waals surface area contributed by atoms with Gasteiger partial charge in [-0.15, -0.1) is 0 Å². The van der Waals surface area contributed by atoms with Crippen LogP contribution in [0, 0.1) is 50.2 Å². The number of aliphatic hydroxyl groups is 1. The molecule has 0 aromatic carbocycles. The summed E-state index contributed by atoms with van der Waals surface area (Å²) in [5.41, 5.74) is 1.87. The Morgan fingerprint density at radius 1 is 0.909 bits per heavy atom. The van der Waals surface area contributed by atoms with Crippen molar-refractivity contribution in [3.8, 4) is 0 Å². The van der Waals surface area contributed by atoms with E-state index in [1.807, 2.05) is 0 Å². The van der Waals surface area contributed by atoms with Crippen LogP contribution in [0.25, 0.3) is 0 Å². The SMILES string of the molecule is CC1(C)CC[C@@]23C[C@@H](OC2=O)[C@]2(C)C(=CC[C@@H]4[C@@]5(C)CC[C@H](O)C(C)(C)[C@@H]5CC[C@]42C)[C@H]3C1. The molecule has 0 aromatic heterocycles. The maximum absolute atomic E-state index is 13.5. The number of carbonyl (C=O) groups excluding carboxylic acids is 1. The van der Waals surface area contributed by atoms with Gasteiger partial charge >= 0.3 is 5.97 Å². The Morgan fingerprint density at radius 2 is 1.64 bits per heavy atom. The van der Waals surface area contributed by atoms with Gasteiger partial charge in [0.1, 0.15) is 6.10 Å². The molecule has 6 aliphatic rings. The maximum atomic E-state index is 13.5. The zero-order chi connectivity index (χ0) is 23.8. The number of esters is 1. The van der Waals surface area contributed by atoms with E-state index < -0.39 is 0 Å². The molecule has 0 radical (unpaired) electrons. The van der Waals surface area contributed by atoms with Gasteiger partial charge in [0.2, 0.25) is 0 Å². The Hall–Kier alpha value is -0.830. The predicted octanol–water partition coefficient (Wildman–Crippen LogP) is 6.68. The second-order valence-corrected chi connectivity index (χ2v) is 15.2. The van der Waals surface area contributed by atoms with Crippen LogP contribution in [0.15, 0.2) is 11.6 Å². The van der Waals surface area contributed by atoms with Crippen LogP contribution in [0.4, 0.5) is 0 Å². The van der Waals surface area contributed by atoms with E-state index in [4.69, 9.17) is 4.74 Å². The number of hydrogen-bond donors (Lipinski definition) is 1. The Balaban J connectivity index is 1.48. The van der Waals surface area contributed by atoms with Gasteiger partial charge in [0.05, 0.1) is 11.5 Å². The minimum Gasteiger partial charge on any atom is -0.461 e. The normalized spacial score (nSPS) is 55.9. The number of carbonyl (C=O) groups is 1. The monoisotopic (exact) mass is 454 g/mol. The molecular weight excluding hydrogens is 408 g/mol. The minimum absolute atomic E-state index is 0.0313. The molecule has 1 spiro atoms. The maximum Gasteiger partial charge on any atom is 0.313 e. The number of ether oxygens (including phenoxy) is 1. The van der Waals surface area contributed by atoms with E-state index in [0.717, 1.165) is 44.9 Å². The number of fused-ring (bicyclic) bond motifs is 8. The van der Waals surface area contributed by atoms with Crippen LogP contribution in [-0.2, 0) is 9.53 Å². The number of rotatable bonds is 0. The molecule has 0 aromatic rings. The summed E-state index contributed by atoms with van der Waals surface area (Å²) < 4.78 is 6.41. The van der Waals surface area contributed by atoms with Gasteiger partial charge in [0.25, 0.3) is 0 Å². The summed E-state index contributed by atoms with van der Waals surface area (Å²) in [6.45, 7) is 17.0. The van der Waals surface area contributed by atoms with Crippen LogP contribution in [0.3, 0.4) is 0 Å². The van der Waals surface area contributed by atoms with Crippen molar-refractivity contribution >= 4 is 5.97 Å². The van der Waals surface area contributed by atoms with Gasteiger partial charge in [0.15, 0.2) is 0 Å². The average Bonchev–Trinajstić information content (AvgIpc) is 3.03. The third-order valence-corrected chi connectivity index (χ3v) is 13.3. The van der Waals surface area contributed by atoms with E-state index in [1.54, 1.807) is 5.57 Å². The second kappa shape index (κ2) is 6.29. The summed E-state index contributed by atoms with van der Waals surface area (Å²) in [6, 6.07) is 0. The summed E-state index contributed by atoms with van der Waals surface area (Å²) in [5, 5.41) is 10.9. The molecule has 0 unspecified atom stereocenters. The lowest BCUT2D eigenvalue weighted by molar-refractivity contribution is -0.212. The van der Waals surface area contributed by atoms with Crippen molar-refractivity contribution in [1.29, 1.82) is 0 Å². The van der Waals surface area contributed by atoms with E-state index in [9.17, 15) is 9.90 Å². The molecule has 1 heterocycles. The second-order valence-electron chi connectivity index (χ2n) is 15.2. The summed E-state index contributed by atoms with van der Waals surface area (Å²) >= 11 is 0. The molecule has 2 bridgehead atoms. The third-order valence-electron chi connectivity index (χ3n) is 13.3. The van der Waals surface area contributed by atoms with Gasteiger partial charge in [-0.3, -0.25) is 4.79 Å². The first-order valence-electron chi connectivity index (χ1n) is 13.8. The van der Waals surface area contributed by atoms with Crippen LogP contribution >= 0.6 is 0 Å². The molecular formula is C30H46O3. The molecule has 4 saturated carbocycles. The van der Waals surface area contributed by atoms with Crippen LogP contribution < -0.4 is 0 Å². The van der Waals surface area contributed by atoms with Crippen molar-refractivity contribution in [2.24, 2.45) is 50.2 Å². The molecule has 9 atom stereocenters. The van der Waals surface area contributed by atoms with Crippen molar-refractivity contribution in [2.75, 3.05) is 0 Å². The van der Waals surface area contributed by atoms with Gasteiger partial charge < -0.3 is 9.84 Å². The molecule has 1 saturated heterocycles. The molecule has 1 N–H and O–H groups in total. The van der Waals surface area contributed by atoms with Crippen LogP contribution in [0.2, 0.25) is 0 Å². The fourth-order valence-corrected chi connectivity index (χ4v) is 11.0. The largest absolute Gasteiger partial charge is 0.461 e. The highest BCUT2D eigenvalue weighted by Gasteiger charge is 2.74. The van der Waals surface area contributed by atoms with Gasteiger partial charge in [-0.1, -0.05) is 60.1 Å². The average molecular weight is 455 g/mol. The molecule has 3 nitrogen and oxygen atoms in total. The third kappa shape index (κ3) is 2.44. The Bertz CT molecular complexity index is 931. The van der Waals surface area contributed by atoms with E-state index in [-0.39, 0.29) is 50.7 Å². The highest BCUT2D eigenvalue weighted by Crippen LogP contribution is 2.77. The van der Waals surface area contributed by atoms with Gasteiger partial charge in [0, 0.05) is 11.8 Å². The Morgan fingerprint density at radius 3 is 2.36 bits per heavy atom. The summed E-state index contributed by atoms with van der Waals surface area (Å²) in [5.74, 6) is 1.59. The van der Waals surface area contributed by atoms with Crippen LogP contribution in [0.5, 0.6) is 0 Å². The molecule has 5 aliphatic carbocycles. The fraction of sp³-hybridized carbons (Fsp3) is 0.900. The zero-order valence-corrected chi connectivity index (χ0v) is 22.1. The number of allylic oxidation sites excluding steroid dienone is 1. The van der Waals surface area contributed by atoms with Crippen molar-refractivity contribution < 1.29 is 14.6 Å². The number of hydrogen-bond acceptors (Lipinski definition) is 3. The highest BCUT2D eigenvalue weighted by molar-refractivity contribution is 5.82. The Kier molecular flexibility index (Phi) is 4.31. The van der Waals surface area contributed by atoms with E-state index in [2.05, 4.69) is 54.5 Å². The summed E-state index contributed by atoms with van der Waals surface area (Å²) in [6.07, 6.45) is 12.2. The highest BCUT2D eigenvalue weighted by atomic mass is 16.6. The lowest BCUT2D eigenvalue weighted by Gasteiger charge is -2.70. The van der Waals surface area contributed by atoms with Crippen LogP contribution in [-0.4, -0.2) is 23.3 Å². The summed E-state index contributed by atoms with van der Waals surface area (Å²) in [7, 11) is 0. The van der Waals surface area contributed by atoms with Crippen molar-refractivity contribution in [3.63, 3.8) is 0 Å². The van der Waals surface area contributed by atoms with Crippen molar-refractivity contribution in [1.82, 2.24) is 0 Å². The molecule has 0 amide bonds. The lowest BCUT2D eigenvalue weighted by atomic mass is 9.33. The van der Waals surface area contributed by atoms with E-state index in [1.165, 1.54) is 12.8 Å². The van der Waals surface area contributed by atoms with Crippen molar-refractivity contribution in [2.45, 2.75) is 118 Å². The zero-order valence-electron chi connectivity index (χ0n) is 22.1. The molecule has 5 fully saturated rings. The predicted molar refractivity (Wildman–Crippen MR) is 130 cm³/mol. The first kappa shape index (κ1) is 22.6. The minimum atomic E-state index is -0.257. The quantitative estimate of drug-likeness (QED) is 0.328.